The lowest BCUT2D eigenvalue weighted by Crippen LogP contribution is -2.51. The first-order valence-corrected chi connectivity index (χ1v) is 9.68. The molecule has 2 aliphatic heterocycles. The van der Waals surface area contributed by atoms with Crippen LogP contribution in [0.4, 0.5) is 22.0 Å². The number of rotatable bonds is 5. The predicted molar refractivity (Wildman–Crippen MR) is 95.0 cm³/mol. The molecule has 2 heterocycles. The maximum absolute atomic E-state index is 13.7. The quantitative estimate of drug-likeness (QED) is 0.515. The number of carbonyl (C=O) groups excluding carboxylic acids is 1. The van der Waals surface area contributed by atoms with E-state index in [1.807, 2.05) is 0 Å². The number of ether oxygens (including phenoxy) is 1. The highest BCUT2D eigenvalue weighted by atomic mass is 32.2. The SMILES string of the molecule is CCOC(=O)C1(C)C(SC2=NCCS2)=C(C(=O)O)C(C(F)(F)F)=NC1C(F)F. The van der Waals surface area contributed by atoms with Crippen molar-refractivity contribution in [3.63, 3.8) is 0 Å². The van der Waals surface area contributed by atoms with Crippen LogP contribution < -0.4 is 0 Å². The van der Waals surface area contributed by atoms with Gasteiger partial charge in [0.05, 0.1) is 13.2 Å². The Morgan fingerprint density at radius 2 is 2.07 bits per heavy atom. The van der Waals surface area contributed by atoms with E-state index in [0.29, 0.717) is 24.1 Å². The van der Waals surface area contributed by atoms with E-state index < -0.39 is 52.2 Å². The highest BCUT2D eigenvalue weighted by Crippen LogP contribution is 2.51. The van der Waals surface area contributed by atoms with Crippen molar-refractivity contribution >= 4 is 45.5 Å². The maximum Gasteiger partial charge on any atom is 0.433 e. The molecular formula is C15H15F5N2O4S2. The zero-order chi connectivity index (χ0) is 21.3. The third-order valence-corrected chi connectivity index (χ3v) is 6.47. The molecular weight excluding hydrogens is 431 g/mol. The Morgan fingerprint density at radius 1 is 1.43 bits per heavy atom. The summed E-state index contributed by atoms with van der Waals surface area (Å²) in [7, 11) is 0. The zero-order valence-corrected chi connectivity index (χ0v) is 16.2. The van der Waals surface area contributed by atoms with Gasteiger partial charge in [-0.3, -0.25) is 14.8 Å². The minimum absolute atomic E-state index is 0.181. The molecule has 0 aliphatic carbocycles. The molecule has 2 atom stereocenters. The molecule has 0 amide bonds. The number of carboxylic acid groups (broad SMARTS) is 1. The lowest BCUT2D eigenvalue weighted by Gasteiger charge is -2.39. The van der Waals surface area contributed by atoms with Crippen LogP contribution in [0, 0.1) is 5.41 Å². The number of carboxylic acids is 1. The third-order valence-electron chi connectivity index (χ3n) is 3.96. The van der Waals surface area contributed by atoms with Crippen LogP contribution >= 0.6 is 23.5 Å². The lowest BCUT2D eigenvalue weighted by atomic mass is 9.77. The molecule has 0 bridgehead atoms. The van der Waals surface area contributed by atoms with Crippen LogP contribution in [0.15, 0.2) is 20.5 Å². The van der Waals surface area contributed by atoms with Crippen LogP contribution in [0.2, 0.25) is 0 Å². The number of nitrogens with zero attached hydrogens (tertiary/aromatic N) is 2. The summed E-state index contributed by atoms with van der Waals surface area (Å²) in [4.78, 5) is 30.5. The molecule has 6 nitrogen and oxygen atoms in total. The topological polar surface area (TPSA) is 88.3 Å². The molecule has 0 radical (unpaired) electrons. The van der Waals surface area contributed by atoms with Crippen LogP contribution in [-0.4, -0.2) is 64.7 Å². The summed E-state index contributed by atoms with van der Waals surface area (Å²) in [5.74, 6) is -2.83. The van der Waals surface area contributed by atoms with E-state index in [9.17, 15) is 36.6 Å². The Hall–Kier alpha value is -1.63. The zero-order valence-electron chi connectivity index (χ0n) is 14.5. The van der Waals surface area contributed by atoms with Crippen LogP contribution in [0.3, 0.4) is 0 Å². The van der Waals surface area contributed by atoms with E-state index in [1.54, 1.807) is 0 Å². The minimum Gasteiger partial charge on any atom is -0.478 e. The summed E-state index contributed by atoms with van der Waals surface area (Å²) >= 11 is 1.58. The Kier molecular flexibility index (Phi) is 6.79. The summed E-state index contributed by atoms with van der Waals surface area (Å²) in [5.41, 5.74) is -5.73. The molecule has 0 saturated carbocycles. The molecule has 0 aromatic rings. The van der Waals surface area contributed by atoms with Crippen LogP contribution in [0.1, 0.15) is 13.8 Å². The van der Waals surface area contributed by atoms with Gasteiger partial charge in [0.25, 0.3) is 6.43 Å². The molecule has 0 aromatic carbocycles. The Labute approximate surface area is 164 Å². The van der Waals surface area contributed by atoms with Crippen LogP contribution in [0.5, 0.6) is 0 Å². The summed E-state index contributed by atoms with van der Waals surface area (Å²) in [6.07, 6.45) is -8.79. The second-order valence-corrected chi connectivity index (χ2v) is 8.13. The first kappa shape index (κ1) is 22.7. The van der Waals surface area contributed by atoms with Crippen molar-refractivity contribution in [2.45, 2.75) is 32.5 Å². The van der Waals surface area contributed by atoms with Crippen molar-refractivity contribution < 1.29 is 41.4 Å². The van der Waals surface area contributed by atoms with Crippen molar-refractivity contribution in [1.82, 2.24) is 0 Å². The number of hydrogen-bond acceptors (Lipinski definition) is 7. The molecule has 0 aromatic heterocycles. The van der Waals surface area contributed by atoms with Gasteiger partial charge in [-0.05, 0) is 13.8 Å². The Balaban J connectivity index is 2.80. The van der Waals surface area contributed by atoms with Gasteiger partial charge in [0, 0.05) is 10.7 Å². The lowest BCUT2D eigenvalue weighted by molar-refractivity contribution is -0.155. The molecule has 2 rings (SSSR count). The average Bonchev–Trinajstić information content (AvgIpc) is 3.07. The summed E-state index contributed by atoms with van der Waals surface area (Å²) in [6, 6.07) is -2.47. The fraction of sp³-hybridized carbons (Fsp3) is 0.600. The summed E-state index contributed by atoms with van der Waals surface area (Å²) in [5, 5.41) is 9.45. The van der Waals surface area contributed by atoms with Gasteiger partial charge in [0.1, 0.15) is 21.4 Å². The van der Waals surface area contributed by atoms with Gasteiger partial charge < -0.3 is 9.84 Å². The largest absolute Gasteiger partial charge is 0.478 e. The maximum atomic E-state index is 13.7. The number of hydrogen-bond donors (Lipinski definition) is 1. The van der Waals surface area contributed by atoms with Crippen molar-refractivity contribution in [3.05, 3.63) is 10.5 Å². The Morgan fingerprint density at radius 3 is 2.50 bits per heavy atom. The fourth-order valence-electron chi connectivity index (χ4n) is 2.67. The number of aliphatic carboxylic acids is 1. The number of esters is 1. The van der Waals surface area contributed by atoms with E-state index in [-0.39, 0.29) is 11.0 Å². The molecule has 0 fully saturated rings. The fourth-order valence-corrected chi connectivity index (χ4v) is 4.98. The van der Waals surface area contributed by atoms with Gasteiger partial charge in [-0.1, -0.05) is 23.5 Å². The first-order valence-electron chi connectivity index (χ1n) is 7.88. The van der Waals surface area contributed by atoms with Crippen molar-refractivity contribution in [3.8, 4) is 0 Å². The van der Waals surface area contributed by atoms with Crippen LogP contribution in [0.25, 0.3) is 0 Å². The van der Waals surface area contributed by atoms with E-state index in [1.165, 1.54) is 6.92 Å². The molecule has 0 spiro atoms. The second-order valence-electron chi connectivity index (χ2n) is 5.79. The predicted octanol–water partition coefficient (Wildman–Crippen LogP) is 3.38. The second kappa shape index (κ2) is 8.39. The minimum atomic E-state index is -5.31. The third kappa shape index (κ3) is 4.19. The van der Waals surface area contributed by atoms with Gasteiger partial charge in [-0.2, -0.15) is 13.2 Å². The van der Waals surface area contributed by atoms with Gasteiger partial charge in [0.2, 0.25) is 0 Å². The molecule has 28 heavy (non-hydrogen) atoms. The van der Waals surface area contributed by atoms with Crippen LogP contribution in [-0.2, 0) is 14.3 Å². The highest BCUT2D eigenvalue weighted by molar-refractivity contribution is 8.40. The van der Waals surface area contributed by atoms with Gasteiger partial charge >= 0.3 is 18.1 Å². The van der Waals surface area contributed by atoms with E-state index in [2.05, 4.69) is 9.98 Å². The molecule has 13 heteroatoms. The van der Waals surface area contributed by atoms with Gasteiger partial charge in [0.15, 0.2) is 5.71 Å². The number of carbonyl (C=O) groups is 2. The van der Waals surface area contributed by atoms with E-state index in [4.69, 9.17) is 4.74 Å². The normalized spacial score (nSPS) is 25.6. The number of aliphatic imine (C=N–C) groups is 2. The standard InChI is InChI=1S/C15H15F5N2O4S2/c1-3-26-12(25)14(2)8(10(16)17)22-7(15(18,19)20)6(11(23)24)9(14)28-13-21-4-5-27-13/h8,10H,3-5H2,1-2H3,(H,23,24). The highest BCUT2D eigenvalue weighted by Gasteiger charge is 2.59. The monoisotopic (exact) mass is 446 g/mol. The van der Waals surface area contributed by atoms with E-state index >= 15 is 0 Å². The number of dihydropyridines is 1. The van der Waals surface area contributed by atoms with Crippen molar-refractivity contribution in [2.75, 3.05) is 18.9 Å². The average molecular weight is 446 g/mol. The molecule has 0 saturated heterocycles. The number of halogens is 5. The number of alkyl halides is 5. The van der Waals surface area contributed by atoms with Crippen molar-refractivity contribution in [1.29, 1.82) is 0 Å². The Bertz CT molecular complexity index is 766. The first-order chi connectivity index (χ1) is 12.9. The molecule has 1 N–H and O–H groups in total. The summed E-state index contributed by atoms with van der Waals surface area (Å²) in [6.45, 7) is 2.40. The smallest absolute Gasteiger partial charge is 0.433 e. The molecule has 156 valence electrons. The van der Waals surface area contributed by atoms with Gasteiger partial charge in [-0.15, -0.1) is 0 Å². The van der Waals surface area contributed by atoms with E-state index in [0.717, 1.165) is 18.7 Å². The number of thioether (sulfide) groups is 2. The van der Waals surface area contributed by atoms with Crippen molar-refractivity contribution in [2.24, 2.45) is 15.4 Å². The van der Waals surface area contributed by atoms with Gasteiger partial charge in [-0.25, -0.2) is 13.6 Å². The summed E-state index contributed by atoms with van der Waals surface area (Å²) < 4.78 is 72.7. The molecule has 2 unspecified atom stereocenters. The molecule has 2 aliphatic rings.